The number of hydrogen-bond donors (Lipinski definition) is 2. The van der Waals surface area contributed by atoms with Gasteiger partial charge in [-0.2, -0.15) is 0 Å². The van der Waals surface area contributed by atoms with Crippen molar-refractivity contribution in [2.45, 2.75) is 45.3 Å². The summed E-state index contributed by atoms with van der Waals surface area (Å²) in [5, 5.41) is 6.43. The Bertz CT molecular complexity index is 737. The maximum Gasteiger partial charge on any atom is 0.191 e. The normalized spacial score (nSPS) is 14.7. The summed E-state index contributed by atoms with van der Waals surface area (Å²) in [6, 6.07) is 6.32. The Kier molecular flexibility index (Phi) is 6.92. The standard InChI is InChI=1S/C19H31N3O3S/c1-5-20-18(22-11-13-26(23,24)19(2,3)4)21-10-8-15-6-7-17-16(14-15)9-12-25-17/h6-7,14H,5,8-13H2,1-4H3,(H2,20,21,22). The average Bonchev–Trinajstić information content (AvgIpc) is 3.01. The summed E-state index contributed by atoms with van der Waals surface area (Å²) in [5.41, 5.74) is 2.53. The third-order valence-corrected chi connectivity index (χ3v) is 6.95. The number of ether oxygens (including phenoxy) is 1. The van der Waals surface area contributed by atoms with E-state index in [-0.39, 0.29) is 12.3 Å². The van der Waals surface area contributed by atoms with Gasteiger partial charge in [0.05, 0.1) is 23.7 Å². The molecule has 0 saturated heterocycles. The zero-order valence-corrected chi connectivity index (χ0v) is 17.1. The second kappa shape index (κ2) is 8.75. The molecule has 146 valence electrons. The lowest BCUT2D eigenvalue weighted by Crippen LogP contribution is -2.39. The second-order valence-corrected chi connectivity index (χ2v) is 10.3. The minimum Gasteiger partial charge on any atom is -0.493 e. The van der Waals surface area contributed by atoms with Gasteiger partial charge in [-0.15, -0.1) is 0 Å². The van der Waals surface area contributed by atoms with E-state index in [1.54, 1.807) is 20.8 Å². The van der Waals surface area contributed by atoms with Crippen LogP contribution >= 0.6 is 0 Å². The maximum absolute atomic E-state index is 12.2. The van der Waals surface area contributed by atoms with Crippen molar-refractivity contribution in [2.75, 3.05) is 32.0 Å². The van der Waals surface area contributed by atoms with Gasteiger partial charge in [-0.25, -0.2) is 8.42 Å². The van der Waals surface area contributed by atoms with Crippen LogP contribution in [0.15, 0.2) is 23.2 Å². The van der Waals surface area contributed by atoms with Gasteiger partial charge in [0.15, 0.2) is 15.8 Å². The molecule has 0 radical (unpaired) electrons. The Labute approximate surface area is 157 Å². The molecule has 0 amide bonds. The summed E-state index contributed by atoms with van der Waals surface area (Å²) < 4.78 is 29.1. The second-order valence-electron chi connectivity index (χ2n) is 7.41. The zero-order chi connectivity index (χ0) is 19.2. The molecule has 2 rings (SSSR count). The van der Waals surface area contributed by atoms with Crippen molar-refractivity contribution in [3.8, 4) is 5.75 Å². The molecule has 26 heavy (non-hydrogen) atoms. The quantitative estimate of drug-likeness (QED) is 0.557. The van der Waals surface area contributed by atoms with Crippen LogP contribution in [-0.4, -0.2) is 51.1 Å². The molecule has 0 fully saturated rings. The zero-order valence-electron chi connectivity index (χ0n) is 16.3. The van der Waals surface area contributed by atoms with Gasteiger partial charge >= 0.3 is 0 Å². The highest BCUT2D eigenvalue weighted by atomic mass is 32.2. The number of nitrogens with one attached hydrogen (secondary N) is 2. The third kappa shape index (κ3) is 5.62. The molecular formula is C19H31N3O3S. The van der Waals surface area contributed by atoms with E-state index in [1.165, 1.54) is 11.1 Å². The number of aliphatic imine (C=N–C) groups is 1. The van der Waals surface area contributed by atoms with Crippen LogP contribution in [0.2, 0.25) is 0 Å². The van der Waals surface area contributed by atoms with Crippen molar-refractivity contribution in [3.63, 3.8) is 0 Å². The highest BCUT2D eigenvalue weighted by molar-refractivity contribution is 7.92. The van der Waals surface area contributed by atoms with Crippen LogP contribution in [0.1, 0.15) is 38.8 Å². The Morgan fingerprint density at radius 2 is 2.04 bits per heavy atom. The molecule has 0 saturated carbocycles. The molecular weight excluding hydrogens is 350 g/mol. The Balaban J connectivity index is 1.85. The van der Waals surface area contributed by atoms with E-state index in [2.05, 4.69) is 27.8 Å². The molecule has 1 aromatic carbocycles. The maximum atomic E-state index is 12.2. The van der Waals surface area contributed by atoms with Crippen LogP contribution in [-0.2, 0) is 22.7 Å². The number of fused-ring (bicyclic) bond motifs is 1. The van der Waals surface area contributed by atoms with Crippen molar-refractivity contribution in [1.29, 1.82) is 0 Å². The first kappa shape index (κ1) is 20.6. The summed E-state index contributed by atoms with van der Waals surface area (Å²) in [6.07, 6.45) is 1.85. The first-order chi connectivity index (χ1) is 12.2. The predicted octanol–water partition coefficient (Wildman–Crippen LogP) is 1.93. The van der Waals surface area contributed by atoms with Crippen LogP contribution in [0.4, 0.5) is 0 Å². The number of benzene rings is 1. The molecule has 1 aliphatic heterocycles. The lowest BCUT2D eigenvalue weighted by Gasteiger charge is -2.18. The number of nitrogens with zero attached hydrogens (tertiary/aromatic N) is 1. The summed E-state index contributed by atoms with van der Waals surface area (Å²) in [6.45, 7) is 9.64. The molecule has 6 nitrogen and oxygen atoms in total. The monoisotopic (exact) mass is 381 g/mol. The summed E-state index contributed by atoms with van der Waals surface area (Å²) in [7, 11) is -3.15. The fourth-order valence-corrected chi connectivity index (χ4v) is 3.59. The van der Waals surface area contributed by atoms with E-state index in [9.17, 15) is 8.42 Å². The molecule has 1 aromatic rings. The molecule has 0 atom stereocenters. The molecule has 0 bridgehead atoms. The number of rotatable bonds is 7. The van der Waals surface area contributed by atoms with Crippen LogP contribution in [0.5, 0.6) is 5.75 Å². The van der Waals surface area contributed by atoms with E-state index in [0.29, 0.717) is 5.96 Å². The van der Waals surface area contributed by atoms with Gasteiger partial charge in [-0.05, 0) is 51.3 Å². The summed E-state index contributed by atoms with van der Waals surface area (Å²) in [5.74, 6) is 1.70. The van der Waals surface area contributed by atoms with Gasteiger partial charge < -0.3 is 15.4 Å². The highest BCUT2D eigenvalue weighted by Crippen LogP contribution is 2.25. The molecule has 0 aromatic heterocycles. The Morgan fingerprint density at radius 3 is 2.73 bits per heavy atom. The molecule has 2 N–H and O–H groups in total. The van der Waals surface area contributed by atoms with E-state index in [1.807, 2.05) is 13.0 Å². The molecule has 0 aliphatic carbocycles. The van der Waals surface area contributed by atoms with Gasteiger partial charge in [-0.3, -0.25) is 4.99 Å². The minimum absolute atomic E-state index is 0.0535. The first-order valence-corrected chi connectivity index (χ1v) is 10.9. The largest absolute Gasteiger partial charge is 0.493 e. The fourth-order valence-electron chi connectivity index (χ4n) is 2.65. The van der Waals surface area contributed by atoms with Gasteiger partial charge in [0.2, 0.25) is 0 Å². The lowest BCUT2D eigenvalue weighted by molar-refractivity contribution is 0.357. The van der Waals surface area contributed by atoms with Crippen LogP contribution in [0, 0.1) is 0 Å². The summed E-state index contributed by atoms with van der Waals surface area (Å²) in [4.78, 5) is 4.40. The highest BCUT2D eigenvalue weighted by Gasteiger charge is 2.28. The molecule has 1 aliphatic rings. The SMILES string of the molecule is CCNC(=NCCS(=O)(=O)C(C)(C)C)NCCc1ccc2c(c1)CCO2. The Hall–Kier alpha value is -1.76. The average molecular weight is 382 g/mol. The van der Waals surface area contributed by atoms with E-state index >= 15 is 0 Å². The summed E-state index contributed by atoms with van der Waals surface area (Å²) >= 11 is 0. The van der Waals surface area contributed by atoms with Gasteiger partial charge in [0.25, 0.3) is 0 Å². The Morgan fingerprint density at radius 1 is 1.27 bits per heavy atom. The van der Waals surface area contributed by atoms with E-state index in [0.717, 1.165) is 38.3 Å². The molecule has 0 spiro atoms. The van der Waals surface area contributed by atoms with Gasteiger partial charge in [0.1, 0.15) is 5.75 Å². The third-order valence-electron chi connectivity index (χ3n) is 4.37. The van der Waals surface area contributed by atoms with Crippen molar-refractivity contribution < 1.29 is 13.2 Å². The number of hydrogen-bond acceptors (Lipinski definition) is 4. The number of guanidine groups is 1. The van der Waals surface area contributed by atoms with Crippen LogP contribution < -0.4 is 15.4 Å². The first-order valence-electron chi connectivity index (χ1n) is 9.22. The fraction of sp³-hybridized carbons (Fsp3) is 0.632. The number of sulfone groups is 1. The molecule has 0 unspecified atom stereocenters. The van der Waals surface area contributed by atoms with E-state index in [4.69, 9.17) is 4.74 Å². The van der Waals surface area contributed by atoms with Crippen LogP contribution in [0.3, 0.4) is 0 Å². The smallest absolute Gasteiger partial charge is 0.191 e. The van der Waals surface area contributed by atoms with Crippen molar-refractivity contribution >= 4 is 15.8 Å². The van der Waals surface area contributed by atoms with Crippen LogP contribution in [0.25, 0.3) is 0 Å². The van der Waals surface area contributed by atoms with Gasteiger partial charge in [-0.1, -0.05) is 12.1 Å². The topological polar surface area (TPSA) is 79.8 Å². The van der Waals surface area contributed by atoms with Crippen molar-refractivity contribution in [1.82, 2.24) is 10.6 Å². The van der Waals surface area contributed by atoms with Gasteiger partial charge in [0, 0.05) is 19.5 Å². The van der Waals surface area contributed by atoms with Crippen molar-refractivity contribution in [3.05, 3.63) is 29.3 Å². The van der Waals surface area contributed by atoms with Crippen molar-refractivity contribution in [2.24, 2.45) is 4.99 Å². The molecule has 1 heterocycles. The minimum atomic E-state index is -3.15. The lowest BCUT2D eigenvalue weighted by atomic mass is 10.1. The predicted molar refractivity (Wildman–Crippen MR) is 107 cm³/mol. The molecule has 7 heteroatoms. The van der Waals surface area contributed by atoms with E-state index < -0.39 is 14.6 Å².